The Morgan fingerprint density at radius 1 is 1.69 bits per heavy atom. The fourth-order valence-electron chi connectivity index (χ4n) is 2.20. The van der Waals surface area contributed by atoms with Crippen molar-refractivity contribution < 1.29 is 9.32 Å². The molecule has 1 aromatic rings. The lowest BCUT2D eigenvalue weighted by molar-refractivity contribution is 0.0629. The number of nitrogens with zero attached hydrogens (tertiary/aromatic N) is 2. The molecule has 1 amide bonds. The molecular weight excluding hydrogens is 204 g/mol. The molecule has 1 atom stereocenters. The molecule has 0 N–H and O–H groups in total. The van der Waals surface area contributed by atoms with Crippen LogP contribution in [0.5, 0.6) is 0 Å². The number of carbonyl (C=O) groups is 1. The van der Waals surface area contributed by atoms with Gasteiger partial charge in [-0.25, -0.2) is 0 Å². The van der Waals surface area contributed by atoms with Gasteiger partial charge in [0.1, 0.15) is 0 Å². The van der Waals surface area contributed by atoms with Gasteiger partial charge in [0.25, 0.3) is 5.91 Å². The van der Waals surface area contributed by atoms with Gasteiger partial charge >= 0.3 is 0 Å². The highest BCUT2D eigenvalue weighted by Gasteiger charge is 2.25. The van der Waals surface area contributed by atoms with E-state index in [0.717, 1.165) is 31.6 Å². The largest absolute Gasteiger partial charge is 0.351 e. The first-order chi connectivity index (χ1) is 7.70. The van der Waals surface area contributed by atoms with Gasteiger partial charge in [0.15, 0.2) is 0 Å². The summed E-state index contributed by atoms with van der Waals surface area (Å²) in [6, 6.07) is 1.71. The third-order valence-corrected chi connectivity index (χ3v) is 3.22. The van der Waals surface area contributed by atoms with Crippen LogP contribution >= 0.6 is 0 Å². The molecule has 0 saturated carbocycles. The quantitative estimate of drug-likeness (QED) is 0.771. The van der Waals surface area contributed by atoms with Crippen LogP contribution in [0, 0.1) is 12.8 Å². The Morgan fingerprint density at radius 3 is 3.12 bits per heavy atom. The molecule has 1 fully saturated rings. The fourth-order valence-corrected chi connectivity index (χ4v) is 2.20. The first kappa shape index (κ1) is 11.2. The van der Waals surface area contributed by atoms with Crippen molar-refractivity contribution in [3.05, 3.63) is 17.5 Å². The van der Waals surface area contributed by atoms with Crippen LogP contribution in [0.25, 0.3) is 0 Å². The Hall–Kier alpha value is -1.32. The summed E-state index contributed by atoms with van der Waals surface area (Å²) in [6.45, 7) is 5.70. The molecule has 0 bridgehead atoms. The van der Waals surface area contributed by atoms with Crippen molar-refractivity contribution in [1.29, 1.82) is 0 Å². The number of piperidine rings is 1. The fraction of sp³-hybridized carbons (Fsp3) is 0.667. The zero-order valence-corrected chi connectivity index (χ0v) is 9.90. The lowest BCUT2D eigenvalue weighted by atomic mass is 9.95. The standard InChI is InChI=1S/C12H18N2O2/c1-3-10-5-4-6-14(8-10)12(15)11-7-9(2)13-16-11/h7,10H,3-6,8H2,1-2H3. The Morgan fingerprint density at radius 2 is 2.50 bits per heavy atom. The van der Waals surface area contributed by atoms with Crippen molar-refractivity contribution in [2.75, 3.05) is 13.1 Å². The summed E-state index contributed by atoms with van der Waals surface area (Å²) in [5, 5.41) is 3.75. The van der Waals surface area contributed by atoms with Gasteiger partial charge in [-0.05, 0) is 25.7 Å². The Bertz CT molecular complexity index is 373. The van der Waals surface area contributed by atoms with Crippen LogP contribution < -0.4 is 0 Å². The van der Waals surface area contributed by atoms with Crippen LogP contribution in [0.3, 0.4) is 0 Å². The molecule has 0 spiro atoms. The molecule has 2 heterocycles. The van der Waals surface area contributed by atoms with E-state index >= 15 is 0 Å². The van der Waals surface area contributed by atoms with E-state index in [1.54, 1.807) is 6.07 Å². The second kappa shape index (κ2) is 4.68. The molecule has 4 heteroatoms. The number of aryl methyl sites for hydroxylation is 1. The van der Waals surface area contributed by atoms with Crippen LogP contribution in [0.1, 0.15) is 42.4 Å². The zero-order valence-electron chi connectivity index (χ0n) is 9.90. The van der Waals surface area contributed by atoms with E-state index in [1.807, 2.05) is 11.8 Å². The minimum Gasteiger partial charge on any atom is -0.351 e. The minimum absolute atomic E-state index is 0.0150. The van der Waals surface area contributed by atoms with E-state index in [1.165, 1.54) is 6.42 Å². The van der Waals surface area contributed by atoms with Crippen molar-refractivity contribution >= 4 is 5.91 Å². The number of rotatable bonds is 2. The van der Waals surface area contributed by atoms with E-state index in [-0.39, 0.29) is 5.91 Å². The number of likely N-dealkylation sites (tertiary alicyclic amines) is 1. The van der Waals surface area contributed by atoms with Gasteiger partial charge in [0.05, 0.1) is 5.69 Å². The molecule has 0 aromatic carbocycles. The number of carbonyl (C=O) groups excluding carboxylic acids is 1. The van der Waals surface area contributed by atoms with Gasteiger partial charge in [-0.15, -0.1) is 0 Å². The van der Waals surface area contributed by atoms with Gasteiger partial charge in [0, 0.05) is 19.2 Å². The van der Waals surface area contributed by atoms with Gasteiger partial charge < -0.3 is 9.42 Å². The molecule has 2 rings (SSSR count). The number of aromatic nitrogens is 1. The van der Waals surface area contributed by atoms with Gasteiger partial charge in [-0.2, -0.15) is 0 Å². The SMILES string of the molecule is CCC1CCCN(C(=O)c2cc(C)no2)C1. The molecule has 1 unspecified atom stereocenters. The second-order valence-electron chi connectivity index (χ2n) is 4.50. The summed E-state index contributed by atoms with van der Waals surface area (Å²) in [5.74, 6) is 0.995. The summed E-state index contributed by atoms with van der Waals surface area (Å²) in [7, 11) is 0. The van der Waals surface area contributed by atoms with E-state index in [9.17, 15) is 4.79 Å². The lowest BCUT2D eigenvalue weighted by Gasteiger charge is -2.31. The van der Waals surface area contributed by atoms with E-state index in [0.29, 0.717) is 11.7 Å². The van der Waals surface area contributed by atoms with Gasteiger partial charge in [0.2, 0.25) is 5.76 Å². The third kappa shape index (κ3) is 2.26. The smallest absolute Gasteiger partial charge is 0.292 e. The first-order valence-corrected chi connectivity index (χ1v) is 5.93. The van der Waals surface area contributed by atoms with Crippen molar-refractivity contribution in [3.8, 4) is 0 Å². The molecule has 16 heavy (non-hydrogen) atoms. The maximum absolute atomic E-state index is 12.1. The van der Waals surface area contributed by atoms with Crippen LogP contribution in [0.4, 0.5) is 0 Å². The van der Waals surface area contributed by atoms with E-state index in [2.05, 4.69) is 12.1 Å². The molecular formula is C12H18N2O2. The van der Waals surface area contributed by atoms with E-state index in [4.69, 9.17) is 4.52 Å². The number of amides is 1. The Kier molecular flexibility index (Phi) is 3.27. The first-order valence-electron chi connectivity index (χ1n) is 5.93. The van der Waals surface area contributed by atoms with Crippen molar-refractivity contribution in [3.63, 3.8) is 0 Å². The van der Waals surface area contributed by atoms with Crippen LogP contribution in [-0.2, 0) is 0 Å². The molecule has 1 aliphatic rings. The topological polar surface area (TPSA) is 46.3 Å². The van der Waals surface area contributed by atoms with Gasteiger partial charge in [-0.1, -0.05) is 18.5 Å². The minimum atomic E-state index is -0.0150. The summed E-state index contributed by atoms with van der Waals surface area (Å²) in [5.41, 5.74) is 0.757. The highest BCUT2D eigenvalue weighted by molar-refractivity contribution is 5.91. The van der Waals surface area contributed by atoms with Crippen molar-refractivity contribution in [1.82, 2.24) is 10.1 Å². The maximum atomic E-state index is 12.1. The molecule has 4 nitrogen and oxygen atoms in total. The molecule has 1 aliphatic heterocycles. The summed E-state index contributed by atoms with van der Waals surface area (Å²) in [6.07, 6.45) is 3.46. The van der Waals surface area contributed by atoms with E-state index < -0.39 is 0 Å². The molecule has 1 saturated heterocycles. The number of hydrogen-bond acceptors (Lipinski definition) is 3. The maximum Gasteiger partial charge on any atom is 0.292 e. The molecule has 88 valence electrons. The highest BCUT2D eigenvalue weighted by atomic mass is 16.5. The van der Waals surface area contributed by atoms with Crippen LogP contribution in [-0.4, -0.2) is 29.1 Å². The normalized spacial score (nSPS) is 21.1. The van der Waals surface area contributed by atoms with Crippen molar-refractivity contribution in [2.45, 2.75) is 33.1 Å². The van der Waals surface area contributed by atoms with Crippen LogP contribution in [0.15, 0.2) is 10.6 Å². The molecule has 0 aliphatic carbocycles. The summed E-state index contributed by atoms with van der Waals surface area (Å²) < 4.78 is 5.01. The average Bonchev–Trinajstić information content (AvgIpc) is 2.75. The predicted molar refractivity (Wildman–Crippen MR) is 60.2 cm³/mol. The van der Waals surface area contributed by atoms with Crippen molar-refractivity contribution in [2.24, 2.45) is 5.92 Å². The monoisotopic (exact) mass is 222 g/mol. The second-order valence-corrected chi connectivity index (χ2v) is 4.50. The molecule has 0 radical (unpaired) electrons. The lowest BCUT2D eigenvalue weighted by Crippen LogP contribution is -2.39. The zero-order chi connectivity index (χ0) is 11.5. The highest BCUT2D eigenvalue weighted by Crippen LogP contribution is 2.20. The molecule has 1 aromatic heterocycles. The average molecular weight is 222 g/mol. The Labute approximate surface area is 95.6 Å². The van der Waals surface area contributed by atoms with Gasteiger partial charge in [-0.3, -0.25) is 4.79 Å². The number of hydrogen-bond donors (Lipinski definition) is 0. The predicted octanol–water partition coefficient (Wildman–Crippen LogP) is 2.25. The van der Waals surface area contributed by atoms with Crippen LogP contribution in [0.2, 0.25) is 0 Å². The Balaban J connectivity index is 2.04. The summed E-state index contributed by atoms with van der Waals surface area (Å²) in [4.78, 5) is 14.0. The summed E-state index contributed by atoms with van der Waals surface area (Å²) >= 11 is 0. The third-order valence-electron chi connectivity index (χ3n) is 3.22.